The molecule has 0 unspecified atom stereocenters. The fourth-order valence-electron chi connectivity index (χ4n) is 4.62. The van der Waals surface area contributed by atoms with Crippen molar-refractivity contribution in [3.63, 3.8) is 0 Å². The summed E-state index contributed by atoms with van der Waals surface area (Å²) in [5.74, 6) is 0.484. The molecule has 3 rings (SSSR count). The van der Waals surface area contributed by atoms with Crippen LogP contribution in [-0.4, -0.2) is 26.5 Å². The van der Waals surface area contributed by atoms with Crippen molar-refractivity contribution in [2.24, 2.45) is 16.7 Å². The molecule has 1 aromatic rings. The van der Waals surface area contributed by atoms with Gasteiger partial charge in [0.1, 0.15) is 10.6 Å². The first-order chi connectivity index (χ1) is 11.5. The highest BCUT2D eigenvalue weighted by Gasteiger charge is 2.62. The molecule has 8 heteroatoms. The first-order valence-corrected chi connectivity index (χ1v) is 9.86. The summed E-state index contributed by atoms with van der Waals surface area (Å²) in [5.41, 5.74) is -0.220. The maximum absolute atomic E-state index is 12.9. The highest BCUT2D eigenvalue weighted by Crippen LogP contribution is 2.65. The van der Waals surface area contributed by atoms with E-state index >= 15 is 0 Å². The molecule has 0 aromatic heterocycles. The van der Waals surface area contributed by atoms with Crippen LogP contribution >= 0.6 is 0 Å². The Kier molecular flexibility index (Phi) is 4.11. The summed E-state index contributed by atoms with van der Waals surface area (Å²) in [7, 11) is -2.53. The molecule has 0 aliphatic heterocycles. The molecule has 2 bridgehead atoms. The highest BCUT2D eigenvalue weighted by molar-refractivity contribution is 7.89. The Balaban J connectivity index is 1.93. The van der Waals surface area contributed by atoms with E-state index in [0.717, 1.165) is 25.3 Å². The third-order valence-corrected chi connectivity index (χ3v) is 8.25. The lowest BCUT2D eigenvalue weighted by Gasteiger charge is -2.39. The Morgan fingerprint density at radius 1 is 1.32 bits per heavy atom. The second-order valence-corrected chi connectivity index (χ2v) is 9.56. The van der Waals surface area contributed by atoms with Crippen molar-refractivity contribution >= 4 is 15.7 Å². The number of nitro groups is 1. The Morgan fingerprint density at radius 2 is 2.00 bits per heavy atom. The molecule has 138 valence electrons. The Bertz CT molecular complexity index is 820. The molecular weight excluding hydrogens is 344 g/mol. The van der Waals surface area contributed by atoms with E-state index in [0.29, 0.717) is 5.92 Å². The number of benzene rings is 1. The van der Waals surface area contributed by atoms with Gasteiger partial charge in [-0.15, -0.1) is 0 Å². The fourth-order valence-corrected chi connectivity index (χ4v) is 6.14. The molecule has 0 spiro atoms. The smallest absolute Gasteiger partial charge is 0.273 e. The second-order valence-electron chi connectivity index (χ2n) is 7.88. The van der Waals surface area contributed by atoms with E-state index in [1.54, 1.807) is 0 Å². The quantitative estimate of drug-likeness (QED) is 0.636. The third-order valence-electron chi connectivity index (χ3n) is 6.74. The number of nitrogens with zero attached hydrogens (tertiary/aromatic N) is 1. The van der Waals surface area contributed by atoms with Crippen molar-refractivity contribution in [1.82, 2.24) is 4.72 Å². The van der Waals surface area contributed by atoms with E-state index in [9.17, 15) is 18.5 Å². The molecule has 2 fully saturated rings. The lowest BCUT2D eigenvalue weighted by Crippen LogP contribution is -2.46. The number of ether oxygens (including phenoxy) is 1. The minimum absolute atomic E-state index is 0.0192. The predicted molar refractivity (Wildman–Crippen MR) is 93.0 cm³/mol. The summed E-state index contributed by atoms with van der Waals surface area (Å²) in [5, 5.41) is 10.9. The van der Waals surface area contributed by atoms with Crippen LogP contribution in [0, 0.1) is 26.9 Å². The number of hydrogen-bond acceptors (Lipinski definition) is 5. The normalized spacial score (nSPS) is 30.4. The topological polar surface area (TPSA) is 98.5 Å². The van der Waals surface area contributed by atoms with E-state index in [1.807, 2.05) is 0 Å². The number of non-ortho nitro benzene ring substituents is 1. The van der Waals surface area contributed by atoms with Crippen LogP contribution in [0.15, 0.2) is 23.1 Å². The van der Waals surface area contributed by atoms with E-state index < -0.39 is 14.9 Å². The first-order valence-electron chi connectivity index (χ1n) is 8.38. The zero-order valence-electron chi connectivity index (χ0n) is 14.9. The van der Waals surface area contributed by atoms with Crippen molar-refractivity contribution in [3.8, 4) is 5.75 Å². The van der Waals surface area contributed by atoms with Gasteiger partial charge in [0.15, 0.2) is 0 Å². The van der Waals surface area contributed by atoms with Gasteiger partial charge >= 0.3 is 0 Å². The molecular formula is C17H24N2O5S. The fraction of sp³-hybridized carbons (Fsp3) is 0.647. The molecule has 3 atom stereocenters. The maximum atomic E-state index is 12.9. The van der Waals surface area contributed by atoms with Crippen LogP contribution in [0.4, 0.5) is 5.69 Å². The van der Waals surface area contributed by atoms with Crippen molar-refractivity contribution < 1.29 is 18.1 Å². The number of sulfonamides is 1. The zero-order chi connectivity index (χ0) is 18.6. The van der Waals surface area contributed by atoms with Gasteiger partial charge in [-0.05, 0) is 42.1 Å². The molecule has 2 aliphatic carbocycles. The molecule has 1 N–H and O–H groups in total. The Hall–Kier alpha value is -1.67. The number of rotatable bonds is 5. The summed E-state index contributed by atoms with van der Waals surface area (Å²) in [6, 6.07) is 3.41. The Labute approximate surface area is 148 Å². The van der Waals surface area contributed by atoms with Crippen LogP contribution in [0.25, 0.3) is 0 Å². The van der Waals surface area contributed by atoms with Crippen LogP contribution in [-0.2, 0) is 10.0 Å². The zero-order valence-corrected chi connectivity index (χ0v) is 15.7. The van der Waals surface area contributed by atoms with Gasteiger partial charge in [-0.2, -0.15) is 0 Å². The van der Waals surface area contributed by atoms with Crippen LogP contribution in [0.2, 0.25) is 0 Å². The molecule has 0 saturated heterocycles. The van der Waals surface area contributed by atoms with Gasteiger partial charge in [-0.1, -0.05) is 20.8 Å². The lowest BCUT2D eigenvalue weighted by atomic mass is 9.69. The minimum Gasteiger partial charge on any atom is -0.495 e. The van der Waals surface area contributed by atoms with Gasteiger partial charge < -0.3 is 4.74 Å². The molecule has 7 nitrogen and oxygen atoms in total. The molecule has 1 aromatic carbocycles. The number of nitrogens with one attached hydrogen (secondary N) is 1. The van der Waals surface area contributed by atoms with Crippen LogP contribution in [0.1, 0.15) is 40.0 Å². The standard InChI is InChI=1S/C17H24N2O5S/c1-16(2)11-7-8-17(16,3)15(9-11)18-25(22,23)14-6-5-12(19(20)21)10-13(14)24-4/h5-6,10-11,15,18H,7-9H2,1-4H3/t11-,15+,17-/m1/s1. The summed E-state index contributed by atoms with van der Waals surface area (Å²) in [6.45, 7) is 6.58. The molecule has 2 aliphatic rings. The lowest BCUT2D eigenvalue weighted by molar-refractivity contribution is -0.385. The monoisotopic (exact) mass is 368 g/mol. The SMILES string of the molecule is COc1cc([N+](=O)[O-])ccc1S(=O)(=O)N[C@H]1C[C@H]2CC[C@@]1(C)C2(C)C. The average molecular weight is 368 g/mol. The average Bonchev–Trinajstić information content (AvgIpc) is 2.87. The van der Waals surface area contributed by atoms with Crippen molar-refractivity contribution in [3.05, 3.63) is 28.3 Å². The van der Waals surface area contributed by atoms with E-state index in [2.05, 4.69) is 25.5 Å². The summed E-state index contributed by atoms with van der Waals surface area (Å²) in [6.07, 6.45) is 2.94. The summed E-state index contributed by atoms with van der Waals surface area (Å²) < 4.78 is 33.8. The molecule has 2 saturated carbocycles. The molecule has 0 radical (unpaired) electrons. The van der Waals surface area contributed by atoms with Crippen molar-refractivity contribution in [2.45, 2.75) is 51.0 Å². The van der Waals surface area contributed by atoms with Crippen molar-refractivity contribution in [1.29, 1.82) is 0 Å². The van der Waals surface area contributed by atoms with E-state index in [1.165, 1.54) is 19.2 Å². The molecule has 25 heavy (non-hydrogen) atoms. The summed E-state index contributed by atoms with van der Waals surface area (Å²) >= 11 is 0. The molecule has 0 heterocycles. The number of fused-ring (bicyclic) bond motifs is 2. The van der Waals surface area contributed by atoms with Gasteiger partial charge in [-0.25, -0.2) is 13.1 Å². The molecule has 0 amide bonds. The van der Waals surface area contributed by atoms with Gasteiger partial charge in [0.2, 0.25) is 10.0 Å². The van der Waals surface area contributed by atoms with E-state index in [4.69, 9.17) is 4.74 Å². The minimum atomic E-state index is -3.84. The highest BCUT2D eigenvalue weighted by atomic mass is 32.2. The number of hydrogen-bond donors (Lipinski definition) is 1. The summed E-state index contributed by atoms with van der Waals surface area (Å²) in [4.78, 5) is 10.3. The van der Waals surface area contributed by atoms with Gasteiger partial charge in [0.25, 0.3) is 5.69 Å². The predicted octanol–water partition coefficient (Wildman–Crippen LogP) is 3.10. The van der Waals surface area contributed by atoms with E-state index in [-0.39, 0.29) is 33.2 Å². The number of nitro benzene ring substituents is 1. The first kappa shape index (κ1) is 18.1. The third kappa shape index (κ3) is 2.62. The van der Waals surface area contributed by atoms with Gasteiger partial charge in [-0.3, -0.25) is 10.1 Å². The largest absolute Gasteiger partial charge is 0.495 e. The van der Waals surface area contributed by atoms with Gasteiger partial charge in [0.05, 0.1) is 18.1 Å². The maximum Gasteiger partial charge on any atom is 0.273 e. The van der Waals surface area contributed by atoms with Crippen LogP contribution in [0.3, 0.4) is 0 Å². The Morgan fingerprint density at radius 3 is 2.48 bits per heavy atom. The van der Waals surface area contributed by atoms with Gasteiger partial charge in [0, 0.05) is 12.1 Å². The van der Waals surface area contributed by atoms with Crippen molar-refractivity contribution in [2.75, 3.05) is 7.11 Å². The van der Waals surface area contributed by atoms with Crippen LogP contribution in [0.5, 0.6) is 5.75 Å². The van der Waals surface area contributed by atoms with Crippen LogP contribution < -0.4 is 9.46 Å². The second kappa shape index (κ2) is 5.67. The number of methoxy groups -OCH3 is 1.